The summed E-state index contributed by atoms with van der Waals surface area (Å²) >= 11 is 13.7. The molecule has 2 amide bonds. The van der Waals surface area contributed by atoms with Gasteiger partial charge in [-0.2, -0.15) is 0 Å². The van der Waals surface area contributed by atoms with Gasteiger partial charge in [-0.1, -0.05) is 53.5 Å². The smallest absolute Gasteiger partial charge is 0.243 e. The van der Waals surface area contributed by atoms with E-state index in [0.29, 0.717) is 23.1 Å². The van der Waals surface area contributed by atoms with E-state index in [2.05, 4.69) is 0 Å². The first-order valence-electron chi connectivity index (χ1n) is 7.15. The fourth-order valence-corrected chi connectivity index (χ4v) is 3.53. The second-order valence-electron chi connectivity index (χ2n) is 5.12. The van der Waals surface area contributed by atoms with Gasteiger partial charge in [-0.15, -0.1) is 11.8 Å². The molecule has 1 aliphatic heterocycles. The summed E-state index contributed by atoms with van der Waals surface area (Å²) in [6.45, 7) is 0.319. The van der Waals surface area contributed by atoms with Gasteiger partial charge in [-0.3, -0.25) is 9.59 Å². The van der Waals surface area contributed by atoms with Gasteiger partial charge in [0.05, 0.1) is 27.2 Å². The van der Waals surface area contributed by atoms with Crippen LogP contribution in [0.4, 0.5) is 5.69 Å². The highest BCUT2D eigenvalue weighted by atomic mass is 35.5. The number of benzene rings is 2. The first kappa shape index (κ1) is 17.1. The molecule has 0 aromatic heterocycles. The van der Waals surface area contributed by atoms with Crippen molar-refractivity contribution in [3.05, 3.63) is 58.1 Å². The molecule has 2 aromatic carbocycles. The van der Waals surface area contributed by atoms with Crippen LogP contribution < -0.4 is 9.64 Å². The molecule has 2 aromatic rings. The molecule has 0 spiro atoms. The Morgan fingerprint density at radius 3 is 2.33 bits per heavy atom. The van der Waals surface area contributed by atoms with E-state index in [0.717, 1.165) is 10.5 Å². The van der Waals surface area contributed by atoms with Gasteiger partial charge >= 0.3 is 0 Å². The van der Waals surface area contributed by atoms with Crippen molar-refractivity contribution in [2.75, 3.05) is 16.4 Å². The van der Waals surface area contributed by atoms with Crippen molar-refractivity contribution in [1.29, 1.82) is 0 Å². The van der Waals surface area contributed by atoms with Gasteiger partial charge in [0.25, 0.3) is 0 Å². The zero-order chi connectivity index (χ0) is 17.1. The van der Waals surface area contributed by atoms with E-state index in [1.54, 1.807) is 6.07 Å². The van der Waals surface area contributed by atoms with Crippen LogP contribution in [0, 0.1) is 0 Å². The number of carbonyl (C=O) groups is 2. The number of hydrogen-bond acceptors (Lipinski definition) is 4. The van der Waals surface area contributed by atoms with Crippen LogP contribution in [0.2, 0.25) is 10.0 Å². The van der Waals surface area contributed by atoms with Gasteiger partial charge in [0.15, 0.2) is 0 Å². The summed E-state index contributed by atoms with van der Waals surface area (Å²) in [5.41, 5.74) is 1.28. The monoisotopic (exact) mass is 381 g/mol. The molecule has 0 atom stereocenters. The minimum absolute atomic E-state index is 0.237. The maximum absolute atomic E-state index is 12.1. The fraction of sp³-hybridized carbons (Fsp3) is 0.176. The van der Waals surface area contributed by atoms with Gasteiger partial charge in [-0.25, -0.2) is 4.90 Å². The SMILES string of the molecule is O=C1CSCC(=O)N1c1cc(OCc2ccccc2)c(Cl)cc1Cl. The first-order valence-corrected chi connectivity index (χ1v) is 9.06. The second kappa shape index (κ2) is 7.47. The summed E-state index contributed by atoms with van der Waals surface area (Å²) in [6.07, 6.45) is 0. The third kappa shape index (κ3) is 3.69. The third-order valence-corrected chi connectivity index (χ3v) is 4.93. The Balaban J connectivity index is 1.88. The minimum Gasteiger partial charge on any atom is -0.487 e. The number of rotatable bonds is 4. The van der Waals surface area contributed by atoms with Gasteiger partial charge < -0.3 is 4.74 Å². The number of imide groups is 1. The lowest BCUT2D eigenvalue weighted by Gasteiger charge is -2.26. The molecule has 1 aliphatic rings. The number of amides is 2. The molecule has 0 unspecified atom stereocenters. The molecule has 124 valence electrons. The number of halogens is 2. The quantitative estimate of drug-likeness (QED) is 0.745. The van der Waals surface area contributed by atoms with Crippen molar-refractivity contribution in [1.82, 2.24) is 0 Å². The summed E-state index contributed by atoms with van der Waals surface area (Å²) in [4.78, 5) is 25.3. The lowest BCUT2D eigenvalue weighted by Crippen LogP contribution is -2.43. The van der Waals surface area contributed by atoms with E-state index >= 15 is 0 Å². The Morgan fingerprint density at radius 1 is 1.00 bits per heavy atom. The molecule has 0 N–H and O–H groups in total. The topological polar surface area (TPSA) is 46.6 Å². The first-order chi connectivity index (χ1) is 11.6. The number of hydrogen-bond donors (Lipinski definition) is 0. The largest absolute Gasteiger partial charge is 0.487 e. The second-order valence-corrected chi connectivity index (χ2v) is 6.92. The zero-order valence-electron chi connectivity index (χ0n) is 12.5. The Labute approximate surface area is 153 Å². The molecule has 7 heteroatoms. The van der Waals surface area contributed by atoms with E-state index in [1.165, 1.54) is 17.8 Å². The highest BCUT2D eigenvalue weighted by molar-refractivity contribution is 8.00. The molecule has 0 radical (unpaired) electrons. The minimum atomic E-state index is -0.297. The third-order valence-electron chi connectivity index (χ3n) is 3.43. The lowest BCUT2D eigenvalue weighted by atomic mass is 10.2. The van der Waals surface area contributed by atoms with Crippen molar-refractivity contribution < 1.29 is 14.3 Å². The average Bonchev–Trinajstić information content (AvgIpc) is 2.56. The highest BCUT2D eigenvalue weighted by Gasteiger charge is 2.30. The molecule has 0 aliphatic carbocycles. The summed E-state index contributed by atoms with van der Waals surface area (Å²) in [6, 6.07) is 12.6. The van der Waals surface area contributed by atoms with Gasteiger partial charge in [0.2, 0.25) is 11.8 Å². The Hall–Kier alpha value is -1.69. The predicted octanol–water partition coefficient (Wildman–Crippen LogP) is 4.18. The van der Waals surface area contributed by atoms with Crippen LogP contribution in [-0.4, -0.2) is 23.3 Å². The Kier molecular flexibility index (Phi) is 5.33. The van der Waals surface area contributed by atoms with Crippen molar-refractivity contribution in [3.8, 4) is 5.75 Å². The molecule has 1 saturated heterocycles. The molecule has 0 bridgehead atoms. The normalized spacial score (nSPS) is 14.8. The Morgan fingerprint density at radius 2 is 1.67 bits per heavy atom. The highest BCUT2D eigenvalue weighted by Crippen LogP contribution is 2.38. The molecule has 3 rings (SSSR count). The fourth-order valence-electron chi connectivity index (χ4n) is 2.30. The number of ether oxygens (including phenoxy) is 1. The number of nitrogens with zero attached hydrogens (tertiary/aromatic N) is 1. The lowest BCUT2D eigenvalue weighted by molar-refractivity contribution is -0.124. The van der Waals surface area contributed by atoms with Gasteiger partial charge in [0, 0.05) is 6.07 Å². The number of anilines is 1. The van der Waals surface area contributed by atoms with Gasteiger partial charge in [-0.05, 0) is 11.6 Å². The van der Waals surface area contributed by atoms with Gasteiger partial charge in [0.1, 0.15) is 12.4 Å². The molecular weight excluding hydrogens is 369 g/mol. The zero-order valence-corrected chi connectivity index (χ0v) is 14.8. The van der Waals surface area contributed by atoms with Crippen molar-refractivity contribution >= 4 is 52.5 Å². The summed E-state index contributed by atoms with van der Waals surface area (Å²) in [7, 11) is 0. The van der Waals surface area contributed by atoms with Crippen molar-refractivity contribution in [2.24, 2.45) is 0 Å². The number of thioether (sulfide) groups is 1. The average molecular weight is 382 g/mol. The van der Waals surface area contributed by atoms with Crippen LogP contribution in [-0.2, 0) is 16.2 Å². The van der Waals surface area contributed by atoms with E-state index in [4.69, 9.17) is 27.9 Å². The molecule has 4 nitrogen and oxygen atoms in total. The van der Waals surface area contributed by atoms with E-state index in [-0.39, 0.29) is 28.3 Å². The van der Waals surface area contributed by atoms with Crippen molar-refractivity contribution in [2.45, 2.75) is 6.61 Å². The summed E-state index contributed by atoms with van der Waals surface area (Å²) in [5, 5.41) is 0.562. The van der Waals surface area contributed by atoms with Crippen LogP contribution in [0.5, 0.6) is 5.75 Å². The van der Waals surface area contributed by atoms with Crippen molar-refractivity contribution in [3.63, 3.8) is 0 Å². The summed E-state index contributed by atoms with van der Waals surface area (Å²) < 4.78 is 5.73. The Bertz CT molecular complexity index is 767. The molecule has 1 heterocycles. The van der Waals surface area contributed by atoms with Crippen LogP contribution >= 0.6 is 35.0 Å². The predicted molar refractivity (Wildman–Crippen MR) is 97.1 cm³/mol. The maximum atomic E-state index is 12.1. The van der Waals surface area contributed by atoms with Crippen LogP contribution in [0.1, 0.15) is 5.56 Å². The molecule has 24 heavy (non-hydrogen) atoms. The number of carbonyl (C=O) groups excluding carboxylic acids is 2. The van der Waals surface area contributed by atoms with Crippen LogP contribution in [0.15, 0.2) is 42.5 Å². The van der Waals surface area contributed by atoms with E-state index in [9.17, 15) is 9.59 Å². The molecule has 0 saturated carbocycles. The molecule has 1 fully saturated rings. The molecular formula is C17H13Cl2NO3S. The van der Waals surface area contributed by atoms with E-state index in [1.807, 2.05) is 30.3 Å². The van der Waals surface area contributed by atoms with E-state index < -0.39 is 0 Å². The van der Waals surface area contributed by atoms with Crippen LogP contribution in [0.25, 0.3) is 0 Å². The standard InChI is InChI=1S/C17H13Cl2NO3S/c18-12-6-13(19)15(23-8-11-4-2-1-3-5-11)7-14(12)20-16(21)9-24-10-17(20)22/h1-7H,8-10H2. The van der Waals surface area contributed by atoms with Crippen LogP contribution in [0.3, 0.4) is 0 Å². The summed E-state index contributed by atoms with van der Waals surface area (Å²) in [5.74, 6) is 0.262. The maximum Gasteiger partial charge on any atom is 0.243 e.